The van der Waals surface area contributed by atoms with Crippen molar-refractivity contribution in [3.63, 3.8) is 0 Å². The van der Waals surface area contributed by atoms with E-state index in [1.807, 2.05) is 19.1 Å². The first-order chi connectivity index (χ1) is 8.03. The third-order valence-corrected chi connectivity index (χ3v) is 3.40. The largest absolute Gasteiger partial charge is 0.399 e. The molecule has 104 valence electrons. The molecule has 0 amide bonds. The van der Waals surface area contributed by atoms with Gasteiger partial charge in [-0.15, -0.1) is 12.4 Å². The molecule has 1 rings (SSSR count). The van der Waals surface area contributed by atoms with Gasteiger partial charge in [0.1, 0.15) is 0 Å². The fraction of sp³-hybridized carbons (Fsp3) is 0.455. The summed E-state index contributed by atoms with van der Waals surface area (Å²) >= 11 is 0. The van der Waals surface area contributed by atoms with Crippen LogP contribution in [0.4, 0.5) is 5.69 Å². The van der Waals surface area contributed by atoms with Gasteiger partial charge in [0.25, 0.3) is 10.2 Å². The summed E-state index contributed by atoms with van der Waals surface area (Å²) in [6.45, 7) is 2.75. The van der Waals surface area contributed by atoms with E-state index in [2.05, 4.69) is 9.44 Å². The zero-order valence-electron chi connectivity index (χ0n) is 10.3. The molecule has 1 aromatic carbocycles. The molecule has 18 heavy (non-hydrogen) atoms. The maximum absolute atomic E-state index is 11.4. The fourth-order valence-electron chi connectivity index (χ4n) is 1.30. The lowest BCUT2D eigenvalue weighted by atomic mass is 10.1. The van der Waals surface area contributed by atoms with Gasteiger partial charge < -0.3 is 5.73 Å². The van der Waals surface area contributed by atoms with Crippen LogP contribution in [0.5, 0.6) is 0 Å². The van der Waals surface area contributed by atoms with Crippen molar-refractivity contribution in [3.8, 4) is 0 Å². The normalized spacial score (nSPS) is 10.9. The minimum Gasteiger partial charge on any atom is -0.399 e. The molecule has 0 saturated carbocycles. The number of benzene rings is 1. The maximum Gasteiger partial charge on any atom is 0.276 e. The molecule has 0 saturated heterocycles. The Morgan fingerprint density at radius 1 is 1.11 bits per heavy atom. The Kier molecular flexibility index (Phi) is 7.93. The number of nitrogens with one attached hydrogen (secondary N) is 2. The summed E-state index contributed by atoms with van der Waals surface area (Å²) in [6, 6.07) is 7.39. The van der Waals surface area contributed by atoms with Gasteiger partial charge in [-0.1, -0.05) is 19.1 Å². The van der Waals surface area contributed by atoms with Crippen LogP contribution in [0, 0.1) is 0 Å². The van der Waals surface area contributed by atoms with E-state index in [-0.39, 0.29) is 12.4 Å². The molecule has 0 aromatic heterocycles. The molecule has 0 spiro atoms. The van der Waals surface area contributed by atoms with E-state index in [1.165, 1.54) is 0 Å². The van der Waals surface area contributed by atoms with Crippen molar-refractivity contribution in [1.29, 1.82) is 0 Å². The second-order valence-corrected chi connectivity index (χ2v) is 5.37. The molecule has 1 aromatic rings. The van der Waals surface area contributed by atoms with Crippen LogP contribution in [0.3, 0.4) is 0 Å². The topological polar surface area (TPSA) is 84.2 Å². The molecule has 0 radical (unpaired) electrons. The Balaban J connectivity index is 0.00000289. The molecular weight excluding hydrogens is 274 g/mol. The van der Waals surface area contributed by atoms with E-state index in [4.69, 9.17) is 5.73 Å². The molecule has 0 aliphatic heterocycles. The molecular formula is C11H20ClN3O2S. The Morgan fingerprint density at radius 2 is 1.67 bits per heavy atom. The van der Waals surface area contributed by atoms with Crippen LogP contribution < -0.4 is 15.2 Å². The maximum atomic E-state index is 11.4. The summed E-state index contributed by atoms with van der Waals surface area (Å²) < 4.78 is 27.7. The summed E-state index contributed by atoms with van der Waals surface area (Å²) in [6.07, 6.45) is 1.42. The minimum absolute atomic E-state index is 0. The average Bonchev–Trinajstić information content (AvgIpc) is 2.29. The number of nitrogen functional groups attached to an aromatic ring is 1. The van der Waals surface area contributed by atoms with Crippen molar-refractivity contribution >= 4 is 28.3 Å². The number of rotatable bonds is 7. The fourth-order valence-corrected chi connectivity index (χ4v) is 2.25. The highest BCUT2D eigenvalue weighted by atomic mass is 35.5. The number of hydrogen-bond acceptors (Lipinski definition) is 3. The molecule has 5 nitrogen and oxygen atoms in total. The van der Waals surface area contributed by atoms with Crippen LogP contribution in [0.15, 0.2) is 24.3 Å². The second-order valence-electron chi connectivity index (χ2n) is 3.78. The van der Waals surface area contributed by atoms with Gasteiger partial charge in [-0.25, -0.2) is 9.44 Å². The van der Waals surface area contributed by atoms with Gasteiger partial charge >= 0.3 is 0 Å². The Bertz CT molecular complexity index is 434. The summed E-state index contributed by atoms with van der Waals surface area (Å²) in [5.41, 5.74) is 7.32. The molecule has 0 bridgehead atoms. The lowest BCUT2D eigenvalue weighted by molar-refractivity contribution is 0.566. The number of halogens is 1. The standard InChI is InChI=1S/C11H19N3O2S.ClH/c1-2-8-13-17(15,16)14-9-7-10-3-5-11(12)6-4-10;/h3-6,13-14H,2,7-9,12H2,1H3;1H. The van der Waals surface area contributed by atoms with Gasteiger partial charge in [0.2, 0.25) is 0 Å². The smallest absolute Gasteiger partial charge is 0.276 e. The predicted octanol–water partition coefficient (Wildman–Crippen LogP) is 1.07. The van der Waals surface area contributed by atoms with Crippen molar-refractivity contribution < 1.29 is 8.42 Å². The van der Waals surface area contributed by atoms with Crippen molar-refractivity contribution in [2.24, 2.45) is 0 Å². The zero-order chi connectivity index (χ0) is 12.7. The number of hydrogen-bond donors (Lipinski definition) is 3. The molecule has 0 fully saturated rings. The molecule has 0 aliphatic rings. The molecule has 7 heteroatoms. The number of anilines is 1. The molecule has 0 atom stereocenters. The van der Waals surface area contributed by atoms with Crippen LogP contribution in [-0.2, 0) is 16.6 Å². The Labute approximate surface area is 115 Å². The summed E-state index contributed by atoms with van der Waals surface area (Å²) in [7, 11) is -3.35. The van der Waals surface area contributed by atoms with Crippen LogP contribution in [-0.4, -0.2) is 21.5 Å². The Hall–Kier alpha value is -0.820. The molecule has 0 heterocycles. The third-order valence-electron chi connectivity index (χ3n) is 2.23. The third kappa shape index (κ3) is 6.80. The quantitative estimate of drug-likeness (QED) is 0.658. The highest BCUT2D eigenvalue weighted by molar-refractivity contribution is 7.87. The highest BCUT2D eigenvalue weighted by Gasteiger charge is 2.06. The first kappa shape index (κ1) is 17.2. The van der Waals surface area contributed by atoms with E-state index >= 15 is 0 Å². The van der Waals surface area contributed by atoms with Crippen LogP contribution in [0.25, 0.3) is 0 Å². The number of nitrogens with two attached hydrogens (primary N) is 1. The summed E-state index contributed by atoms with van der Waals surface area (Å²) in [5, 5.41) is 0. The van der Waals surface area contributed by atoms with Crippen molar-refractivity contribution in [2.75, 3.05) is 18.8 Å². The van der Waals surface area contributed by atoms with E-state index in [1.54, 1.807) is 12.1 Å². The first-order valence-electron chi connectivity index (χ1n) is 5.62. The van der Waals surface area contributed by atoms with Gasteiger partial charge in [-0.3, -0.25) is 0 Å². The summed E-state index contributed by atoms with van der Waals surface area (Å²) in [5.74, 6) is 0. The van der Waals surface area contributed by atoms with Gasteiger partial charge in [-0.05, 0) is 30.5 Å². The van der Waals surface area contributed by atoms with Crippen LogP contribution >= 0.6 is 12.4 Å². The van der Waals surface area contributed by atoms with Gasteiger partial charge in [0.05, 0.1) is 0 Å². The lowest BCUT2D eigenvalue weighted by Crippen LogP contribution is -2.37. The van der Waals surface area contributed by atoms with Crippen molar-refractivity contribution in [1.82, 2.24) is 9.44 Å². The predicted molar refractivity (Wildman–Crippen MR) is 77.0 cm³/mol. The van der Waals surface area contributed by atoms with Crippen LogP contribution in [0.1, 0.15) is 18.9 Å². The van der Waals surface area contributed by atoms with Gasteiger partial charge in [-0.2, -0.15) is 8.42 Å². The van der Waals surface area contributed by atoms with Crippen molar-refractivity contribution in [2.45, 2.75) is 19.8 Å². The van der Waals surface area contributed by atoms with E-state index in [0.717, 1.165) is 12.0 Å². The highest BCUT2D eigenvalue weighted by Crippen LogP contribution is 2.05. The molecule has 4 N–H and O–H groups in total. The lowest BCUT2D eigenvalue weighted by Gasteiger charge is -2.07. The van der Waals surface area contributed by atoms with E-state index in [9.17, 15) is 8.42 Å². The summed E-state index contributed by atoms with van der Waals surface area (Å²) in [4.78, 5) is 0. The zero-order valence-corrected chi connectivity index (χ0v) is 12.0. The monoisotopic (exact) mass is 293 g/mol. The van der Waals surface area contributed by atoms with Crippen molar-refractivity contribution in [3.05, 3.63) is 29.8 Å². The van der Waals surface area contributed by atoms with Gasteiger partial charge in [0, 0.05) is 18.8 Å². The molecule has 0 aliphatic carbocycles. The average molecular weight is 294 g/mol. The van der Waals surface area contributed by atoms with Crippen LogP contribution in [0.2, 0.25) is 0 Å². The SMILES string of the molecule is CCCNS(=O)(=O)NCCc1ccc(N)cc1.Cl. The van der Waals surface area contributed by atoms with E-state index < -0.39 is 10.2 Å². The minimum atomic E-state index is -3.35. The second kappa shape index (κ2) is 8.31. The first-order valence-corrected chi connectivity index (χ1v) is 7.10. The Morgan fingerprint density at radius 3 is 2.22 bits per heavy atom. The van der Waals surface area contributed by atoms with Gasteiger partial charge in [0.15, 0.2) is 0 Å². The van der Waals surface area contributed by atoms with E-state index in [0.29, 0.717) is 25.2 Å². The molecule has 0 unspecified atom stereocenters.